The van der Waals surface area contributed by atoms with Gasteiger partial charge in [0.1, 0.15) is 5.52 Å². The maximum atomic E-state index is 12.6. The van der Waals surface area contributed by atoms with Gasteiger partial charge in [-0.2, -0.15) is 11.8 Å². The zero-order valence-electron chi connectivity index (χ0n) is 12.0. The number of benzene rings is 1. The molecule has 0 atom stereocenters. The third-order valence-corrected chi connectivity index (χ3v) is 4.87. The number of aryl methyl sites for hydroxylation is 1. The average Bonchev–Trinajstić information content (AvgIpc) is 2.78. The summed E-state index contributed by atoms with van der Waals surface area (Å²) in [6.07, 6.45) is 0. The molecule has 6 heteroatoms. The van der Waals surface area contributed by atoms with Gasteiger partial charge in [-0.25, -0.2) is 4.68 Å². The van der Waals surface area contributed by atoms with E-state index in [1.807, 2.05) is 41.9 Å². The first-order valence-electron chi connectivity index (χ1n) is 6.69. The fourth-order valence-corrected chi connectivity index (χ4v) is 3.66. The highest BCUT2D eigenvalue weighted by Crippen LogP contribution is 2.30. The average molecular weight is 290 g/mol. The molecule has 0 radical (unpaired) electrons. The summed E-state index contributed by atoms with van der Waals surface area (Å²) in [7, 11) is 1.85. The third-order valence-electron chi connectivity index (χ3n) is 3.57. The summed E-state index contributed by atoms with van der Waals surface area (Å²) in [4.78, 5) is 14.5. The van der Waals surface area contributed by atoms with Crippen molar-refractivity contribution in [2.45, 2.75) is 18.6 Å². The lowest BCUT2D eigenvalue weighted by Gasteiger charge is -2.37. The van der Waals surface area contributed by atoms with Gasteiger partial charge in [0.2, 0.25) is 0 Å². The van der Waals surface area contributed by atoms with Gasteiger partial charge in [-0.05, 0) is 32.0 Å². The van der Waals surface area contributed by atoms with E-state index in [4.69, 9.17) is 0 Å². The first kappa shape index (κ1) is 13.4. The van der Waals surface area contributed by atoms with Gasteiger partial charge in [-0.1, -0.05) is 5.21 Å². The number of aromatic nitrogens is 3. The van der Waals surface area contributed by atoms with Crippen LogP contribution in [0.2, 0.25) is 0 Å². The van der Waals surface area contributed by atoms with Crippen LogP contribution in [0.15, 0.2) is 18.2 Å². The summed E-state index contributed by atoms with van der Waals surface area (Å²) in [6.45, 7) is 5.96. The number of nitrogens with zero attached hydrogens (tertiary/aromatic N) is 4. The predicted molar refractivity (Wildman–Crippen MR) is 80.9 cm³/mol. The van der Waals surface area contributed by atoms with Crippen LogP contribution in [-0.4, -0.2) is 49.4 Å². The molecule has 1 saturated heterocycles. The lowest BCUT2D eigenvalue weighted by atomic mass is 10.1. The van der Waals surface area contributed by atoms with Gasteiger partial charge < -0.3 is 4.90 Å². The van der Waals surface area contributed by atoms with Crippen molar-refractivity contribution in [3.63, 3.8) is 0 Å². The van der Waals surface area contributed by atoms with Crippen molar-refractivity contribution in [3.05, 3.63) is 23.8 Å². The maximum Gasteiger partial charge on any atom is 0.254 e. The molecule has 2 aromatic rings. The zero-order valence-corrected chi connectivity index (χ0v) is 12.8. The van der Waals surface area contributed by atoms with Crippen molar-refractivity contribution < 1.29 is 4.79 Å². The molecule has 0 saturated carbocycles. The number of thioether (sulfide) groups is 1. The van der Waals surface area contributed by atoms with Gasteiger partial charge in [0.05, 0.1) is 5.52 Å². The molecule has 3 rings (SSSR count). The van der Waals surface area contributed by atoms with Gasteiger partial charge in [-0.3, -0.25) is 4.79 Å². The molecule has 1 aliphatic heterocycles. The van der Waals surface area contributed by atoms with Gasteiger partial charge in [-0.15, -0.1) is 5.10 Å². The molecule has 2 heterocycles. The summed E-state index contributed by atoms with van der Waals surface area (Å²) in [5.74, 6) is 1.08. The van der Waals surface area contributed by atoms with Crippen LogP contribution in [0.5, 0.6) is 0 Å². The Morgan fingerprint density at radius 3 is 2.95 bits per heavy atom. The van der Waals surface area contributed by atoms with Gasteiger partial charge in [0.15, 0.2) is 0 Å². The molecule has 0 N–H and O–H groups in total. The second kappa shape index (κ2) is 4.77. The number of hydrogen-bond donors (Lipinski definition) is 0. The van der Waals surface area contributed by atoms with E-state index in [1.165, 1.54) is 0 Å². The Morgan fingerprint density at radius 2 is 2.20 bits per heavy atom. The molecule has 1 aromatic heterocycles. The first-order valence-corrected chi connectivity index (χ1v) is 7.67. The minimum Gasteiger partial charge on any atom is -0.336 e. The van der Waals surface area contributed by atoms with E-state index in [0.717, 1.165) is 29.9 Å². The van der Waals surface area contributed by atoms with Crippen molar-refractivity contribution in [2.75, 3.05) is 18.8 Å². The maximum absolute atomic E-state index is 12.6. The Labute approximate surface area is 122 Å². The molecule has 106 valence electrons. The number of carbonyl (C=O) groups is 1. The highest BCUT2D eigenvalue weighted by molar-refractivity contribution is 8.00. The predicted octanol–water partition coefficient (Wildman–Crippen LogP) is 1.94. The molecule has 1 fully saturated rings. The van der Waals surface area contributed by atoms with Crippen LogP contribution in [0.4, 0.5) is 0 Å². The molecule has 5 nitrogen and oxygen atoms in total. The Balaban J connectivity index is 1.88. The highest BCUT2D eigenvalue weighted by Gasteiger charge is 2.30. The fourth-order valence-electron chi connectivity index (χ4n) is 2.55. The molecule has 1 amide bonds. The highest BCUT2D eigenvalue weighted by atomic mass is 32.2. The van der Waals surface area contributed by atoms with E-state index in [0.29, 0.717) is 5.56 Å². The molecule has 0 unspecified atom stereocenters. The lowest BCUT2D eigenvalue weighted by Crippen LogP contribution is -2.46. The molecule has 0 spiro atoms. The monoisotopic (exact) mass is 290 g/mol. The molecule has 0 bridgehead atoms. The molecule has 1 aromatic carbocycles. The summed E-state index contributed by atoms with van der Waals surface area (Å²) >= 11 is 1.92. The smallest absolute Gasteiger partial charge is 0.254 e. The second-order valence-electron chi connectivity index (χ2n) is 5.75. The summed E-state index contributed by atoms with van der Waals surface area (Å²) in [6, 6.07) is 5.61. The Hall–Kier alpha value is -1.56. The minimum absolute atomic E-state index is 0.0888. The number of hydrogen-bond acceptors (Lipinski definition) is 4. The van der Waals surface area contributed by atoms with Crippen LogP contribution in [0, 0.1) is 0 Å². The van der Waals surface area contributed by atoms with Crippen LogP contribution < -0.4 is 0 Å². The van der Waals surface area contributed by atoms with E-state index in [9.17, 15) is 4.79 Å². The van der Waals surface area contributed by atoms with E-state index in [1.54, 1.807) is 4.68 Å². The topological polar surface area (TPSA) is 51.0 Å². The Kier molecular flexibility index (Phi) is 3.20. The van der Waals surface area contributed by atoms with E-state index in [2.05, 4.69) is 24.2 Å². The third kappa shape index (κ3) is 2.40. The van der Waals surface area contributed by atoms with Crippen LogP contribution >= 0.6 is 11.8 Å². The summed E-state index contributed by atoms with van der Waals surface area (Å²) in [5.41, 5.74) is 2.40. The summed E-state index contributed by atoms with van der Waals surface area (Å²) in [5, 5.41) is 8.04. The Bertz CT molecular complexity index is 664. The number of carbonyl (C=O) groups excluding carboxylic acids is 1. The van der Waals surface area contributed by atoms with Gasteiger partial charge in [0.25, 0.3) is 5.91 Å². The number of fused-ring (bicyclic) bond motifs is 1. The molecule has 1 aliphatic rings. The normalized spacial score (nSPS) is 18.4. The quantitative estimate of drug-likeness (QED) is 0.805. The standard InChI is InChI=1S/C14H18N4OS/c1-14(2)9-18(6-7-20-14)13(19)10-4-5-12-11(8-10)15-16-17(12)3/h4-5,8H,6-7,9H2,1-3H3. The van der Waals surface area contributed by atoms with Crippen molar-refractivity contribution in [3.8, 4) is 0 Å². The van der Waals surface area contributed by atoms with Crippen LogP contribution in [-0.2, 0) is 7.05 Å². The van der Waals surface area contributed by atoms with Crippen molar-refractivity contribution >= 4 is 28.7 Å². The van der Waals surface area contributed by atoms with E-state index < -0.39 is 0 Å². The fraction of sp³-hybridized carbons (Fsp3) is 0.500. The van der Waals surface area contributed by atoms with Crippen molar-refractivity contribution in [1.82, 2.24) is 19.9 Å². The van der Waals surface area contributed by atoms with Gasteiger partial charge >= 0.3 is 0 Å². The minimum atomic E-state index is 0.0888. The summed E-state index contributed by atoms with van der Waals surface area (Å²) < 4.78 is 1.84. The van der Waals surface area contributed by atoms with Gasteiger partial charge in [0, 0.05) is 36.2 Å². The van der Waals surface area contributed by atoms with Crippen LogP contribution in [0.1, 0.15) is 24.2 Å². The molecular formula is C14H18N4OS. The Morgan fingerprint density at radius 1 is 1.40 bits per heavy atom. The lowest BCUT2D eigenvalue weighted by molar-refractivity contribution is 0.0748. The zero-order chi connectivity index (χ0) is 14.3. The number of amides is 1. The first-order chi connectivity index (χ1) is 9.46. The second-order valence-corrected chi connectivity index (χ2v) is 7.55. The molecular weight excluding hydrogens is 272 g/mol. The van der Waals surface area contributed by atoms with Crippen LogP contribution in [0.25, 0.3) is 11.0 Å². The largest absolute Gasteiger partial charge is 0.336 e. The van der Waals surface area contributed by atoms with Crippen molar-refractivity contribution in [1.29, 1.82) is 0 Å². The molecule has 20 heavy (non-hydrogen) atoms. The van der Waals surface area contributed by atoms with E-state index in [-0.39, 0.29) is 10.7 Å². The molecule has 0 aliphatic carbocycles. The van der Waals surface area contributed by atoms with Crippen molar-refractivity contribution in [2.24, 2.45) is 7.05 Å². The number of rotatable bonds is 1. The van der Waals surface area contributed by atoms with E-state index >= 15 is 0 Å². The SMILES string of the molecule is Cn1nnc2cc(C(=O)N3CCSC(C)(C)C3)ccc21. The van der Waals surface area contributed by atoms with Crippen LogP contribution in [0.3, 0.4) is 0 Å².